The van der Waals surface area contributed by atoms with Crippen LogP contribution in [-0.2, 0) is 9.53 Å². The Bertz CT molecular complexity index is 913. The van der Waals surface area contributed by atoms with Crippen molar-refractivity contribution in [3.63, 3.8) is 0 Å². The third kappa shape index (κ3) is 2.30. The van der Waals surface area contributed by atoms with Crippen LogP contribution < -0.4 is 0 Å². The average molecular weight is 457 g/mol. The molecule has 0 aromatic rings. The smallest absolute Gasteiger partial charge is 0.313 e. The van der Waals surface area contributed by atoms with E-state index in [9.17, 15) is 15.0 Å². The van der Waals surface area contributed by atoms with Crippen molar-refractivity contribution in [3.8, 4) is 0 Å². The Kier molecular flexibility index (Phi) is 4.42. The third-order valence-corrected chi connectivity index (χ3v) is 13.6. The summed E-state index contributed by atoms with van der Waals surface area (Å²) in [5.74, 6) is 1.62. The number of ether oxygens (including phenoxy) is 1. The first-order chi connectivity index (χ1) is 15.4. The maximum Gasteiger partial charge on any atom is 0.313 e. The first-order valence-electron chi connectivity index (χ1n) is 13.6. The van der Waals surface area contributed by atoms with E-state index in [4.69, 9.17) is 4.74 Å². The lowest BCUT2D eigenvalue weighted by atomic mass is 9.29. The first-order valence-corrected chi connectivity index (χ1v) is 13.6. The van der Waals surface area contributed by atoms with E-state index >= 15 is 0 Å². The van der Waals surface area contributed by atoms with Gasteiger partial charge in [0.2, 0.25) is 0 Å². The minimum atomic E-state index is -0.726. The summed E-state index contributed by atoms with van der Waals surface area (Å²) in [7, 11) is 0. The van der Waals surface area contributed by atoms with Gasteiger partial charge >= 0.3 is 5.97 Å². The number of hydrogen-bond donors (Lipinski definition) is 2. The molecule has 0 aromatic carbocycles. The number of aliphatic hydroxyl groups is 2. The molecular formula is C29H44O4. The average Bonchev–Trinajstić information content (AvgIpc) is 2.75. The molecule has 1 spiro atoms. The fraction of sp³-hybridized carbons (Fsp3) is 0.897. The highest BCUT2D eigenvalue weighted by Crippen LogP contribution is 2.79. The van der Waals surface area contributed by atoms with Crippen molar-refractivity contribution in [1.29, 1.82) is 0 Å². The molecule has 6 rings (SSSR count). The summed E-state index contributed by atoms with van der Waals surface area (Å²) in [6, 6.07) is 0. The van der Waals surface area contributed by atoms with E-state index in [0.717, 1.165) is 63.4 Å². The summed E-state index contributed by atoms with van der Waals surface area (Å²) < 4.78 is 6.22. The number of carbonyl (C=O) groups is 1. The highest BCUT2D eigenvalue weighted by atomic mass is 16.6. The molecule has 184 valence electrons. The van der Waals surface area contributed by atoms with Crippen molar-refractivity contribution >= 4 is 5.97 Å². The summed E-state index contributed by atoms with van der Waals surface area (Å²) in [6.07, 6.45) is 7.75. The predicted molar refractivity (Wildman–Crippen MR) is 127 cm³/mol. The number of aliphatic hydroxyl groups excluding tert-OH is 2. The minimum absolute atomic E-state index is 0.0217. The van der Waals surface area contributed by atoms with Crippen molar-refractivity contribution in [2.45, 2.75) is 111 Å². The van der Waals surface area contributed by atoms with Gasteiger partial charge in [-0.2, -0.15) is 0 Å². The van der Waals surface area contributed by atoms with Gasteiger partial charge in [-0.1, -0.05) is 41.2 Å². The van der Waals surface area contributed by atoms with Crippen LogP contribution in [0.4, 0.5) is 0 Å². The van der Waals surface area contributed by atoms with Crippen LogP contribution in [0.5, 0.6) is 0 Å². The molecule has 4 bridgehead atoms. The fourth-order valence-electron chi connectivity index (χ4n) is 11.5. The summed E-state index contributed by atoms with van der Waals surface area (Å²) in [6.45, 7) is 16.2. The molecule has 1 unspecified atom stereocenters. The van der Waals surface area contributed by atoms with Gasteiger partial charge in [0.25, 0.3) is 0 Å². The molecule has 4 heteroatoms. The number of carbonyl (C=O) groups excluding carboxylic acids is 1. The van der Waals surface area contributed by atoms with Crippen molar-refractivity contribution < 1.29 is 19.7 Å². The maximum atomic E-state index is 14.0. The molecule has 0 amide bonds. The summed E-state index contributed by atoms with van der Waals surface area (Å²) in [4.78, 5) is 14.0. The van der Waals surface area contributed by atoms with Crippen LogP contribution in [0.3, 0.4) is 0 Å². The van der Waals surface area contributed by atoms with Crippen LogP contribution in [0.1, 0.15) is 92.4 Å². The zero-order valence-corrected chi connectivity index (χ0v) is 21.3. The zero-order valence-electron chi connectivity index (χ0n) is 21.3. The molecule has 2 N–H and O–H groups in total. The molecule has 12 atom stereocenters. The second-order valence-electron chi connectivity index (χ2n) is 14.2. The minimum Gasteiger partial charge on any atom is -0.458 e. The standard InChI is InChI=1S/C29H44O4/c1-16-15-21-27(5)11-13-28(6)20-9-10-25(3)17(2)18(30)7-8-19(25)26(20,4)12-14-29(21,28)24(32)33-23(27)22(16)31/h17-23,30-31H,1,7-15H2,2-6H3/t17-,18-,19+,20-,21+,22-,23-,25+,26-,27+,28+,29?/m0/s1. The van der Waals surface area contributed by atoms with Crippen LogP contribution in [0.2, 0.25) is 0 Å². The van der Waals surface area contributed by atoms with E-state index in [2.05, 4.69) is 41.2 Å². The lowest BCUT2D eigenvalue weighted by molar-refractivity contribution is -0.305. The van der Waals surface area contributed by atoms with Crippen LogP contribution >= 0.6 is 0 Å². The number of rotatable bonds is 0. The van der Waals surface area contributed by atoms with E-state index in [1.807, 2.05) is 0 Å². The quantitative estimate of drug-likeness (QED) is 0.385. The number of hydrogen-bond acceptors (Lipinski definition) is 4. The van der Waals surface area contributed by atoms with Crippen LogP contribution in [-0.4, -0.2) is 34.5 Å². The number of fused-ring (bicyclic) bond motifs is 4. The molecule has 0 aromatic heterocycles. The van der Waals surface area contributed by atoms with E-state index in [0.29, 0.717) is 17.8 Å². The van der Waals surface area contributed by atoms with Gasteiger partial charge in [-0.05, 0) is 103 Å². The Morgan fingerprint density at radius 3 is 2.27 bits per heavy atom. The van der Waals surface area contributed by atoms with Gasteiger partial charge in [-0.15, -0.1) is 0 Å². The molecule has 33 heavy (non-hydrogen) atoms. The van der Waals surface area contributed by atoms with Gasteiger partial charge in [-0.25, -0.2) is 0 Å². The van der Waals surface area contributed by atoms with Crippen LogP contribution in [0.15, 0.2) is 12.2 Å². The van der Waals surface area contributed by atoms with Gasteiger partial charge in [0.1, 0.15) is 12.2 Å². The molecule has 0 radical (unpaired) electrons. The van der Waals surface area contributed by atoms with Crippen molar-refractivity contribution in [2.24, 2.45) is 50.7 Å². The molecule has 6 fully saturated rings. The Morgan fingerprint density at radius 1 is 0.848 bits per heavy atom. The van der Waals surface area contributed by atoms with E-state index < -0.39 is 17.6 Å². The first kappa shape index (κ1) is 22.6. The third-order valence-electron chi connectivity index (χ3n) is 13.6. The Labute approximate surface area is 199 Å². The molecule has 1 heterocycles. The molecule has 5 aliphatic carbocycles. The van der Waals surface area contributed by atoms with Crippen molar-refractivity contribution in [2.75, 3.05) is 0 Å². The van der Waals surface area contributed by atoms with Gasteiger partial charge < -0.3 is 14.9 Å². The lowest BCUT2D eigenvalue weighted by Crippen LogP contribution is -2.75. The fourth-order valence-corrected chi connectivity index (χ4v) is 11.5. The largest absolute Gasteiger partial charge is 0.458 e. The van der Waals surface area contributed by atoms with E-state index in [-0.39, 0.29) is 39.7 Å². The second kappa shape index (κ2) is 6.46. The predicted octanol–water partition coefficient (Wildman–Crippen LogP) is 5.27. The maximum absolute atomic E-state index is 14.0. The highest BCUT2D eigenvalue weighted by Gasteiger charge is 2.78. The molecule has 5 saturated carbocycles. The van der Waals surface area contributed by atoms with Crippen molar-refractivity contribution in [3.05, 3.63) is 12.2 Å². The summed E-state index contributed by atoms with van der Waals surface area (Å²) in [5, 5.41) is 21.6. The molecule has 1 saturated heterocycles. The van der Waals surface area contributed by atoms with E-state index in [1.165, 1.54) is 0 Å². The zero-order chi connectivity index (χ0) is 23.8. The monoisotopic (exact) mass is 456 g/mol. The topological polar surface area (TPSA) is 66.8 Å². The Balaban J connectivity index is 1.46. The Morgan fingerprint density at radius 2 is 1.55 bits per heavy atom. The van der Waals surface area contributed by atoms with Gasteiger partial charge in [0.05, 0.1) is 11.5 Å². The van der Waals surface area contributed by atoms with Gasteiger partial charge in [0, 0.05) is 5.41 Å². The SMILES string of the molecule is C=C1C[C@H]2C34CC[C@@]5(C)[C@@H]6CC[C@H](O)[C@H](C)[C@@]6(C)CC[C@@H]5[C@@]3(C)CC[C@@]2(C)[C@@H](OC4=O)[C@H]1O. The Hall–Kier alpha value is -0.870. The number of esters is 1. The summed E-state index contributed by atoms with van der Waals surface area (Å²) in [5.41, 5.74) is 0.519. The molecule has 6 aliphatic rings. The molecule has 1 aliphatic heterocycles. The highest BCUT2D eigenvalue weighted by molar-refractivity contribution is 5.81. The van der Waals surface area contributed by atoms with Gasteiger partial charge in [0.15, 0.2) is 0 Å². The summed E-state index contributed by atoms with van der Waals surface area (Å²) >= 11 is 0. The molecular weight excluding hydrogens is 412 g/mol. The molecule has 4 nitrogen and oxygen atoms in total. The normalized spacial score (nSPS) is 62.0. The van der Waals surface area contributed by atoms with Gasteiger partial charge in [-0.3, -0.25) is 4.79 Å². The van der Waals surface area contributed by atoms with Crippen LogP contribution in [0, 0.1) is 50.7 Å². The van der Waals surface area contributed by atoms with Crippen LogP contribution in [0.25, 0.3) is 0 Å². The van der Waals surface area contributed by atoms with Crippen molar-refractivity contribution in [1.82, 2.24) is 0 Å². The lowest BCUT2D eigenvalue weighted by Gasteiger charge is -2.76. The van der Waals surface area contributed by atoms with E-state index in [1.54, 1.807) is 0 Å². The second-order valence-corrected chi connectivity index (χ2v) is 14.2.